The predicted octanol–water partition coefficient (Wildman–Crippen LogP) is 3.24. The van der Waals surface area contributed by atoms with E-state index in [1.54, 1.807) is 12.1 Å². The van der Waals surface area contributed by atoms with Crippen molar-refractivity contribution in [2.24, 2.45) is 11.8 Å². The first kappa shape index (κ1) is 27.6. The highest BCUT2D eigenvalue weighted by atomic mass is 19.4. The zero-order valence-electron chi connectivity index (χ0n) is 20.6. The van der Waals surface area contributed by atoms with Crippen molar-refractivity contribution in [1.29, 1.82) is 0 Å². The Hall–Kier alpha value is -3.47. The number of hydrogen-bond acceptors (Lipinski definition) is 4. The van der Waals surface area contributed by atoms with Crippen LogP contribution in [0.25, 0.3) is 0 Å². The Morgan fingerprint density at radius 1 is 0.974 bits per heavy atom. The molecule has 0 radical (unpaired) electrons. The average molecular weight is 536 g/mol. The number of fused-ring (bicyclic) bond motifs is 2. The molecule has 38 heavy (non-hydrogen) atoms. The molecule has 2 aromatic carbocycles. The Bertz CT molecular complexity index is 1150. The number of likely N-dealkylation sites (tertiary alicyclic amines) is 2. The second-order valence-corrected chi connectivity index (χ2v) is 10.0. The van der Waals surface area contributed by atoms with E-state index in [0.29, 0.717) is 19.0 Å². The van der Waals surface area contributed by atoms with Crippen LogP contribution in [0.5, 0.6) is 0 Å². The van der Waals surface area contributed by atoms with Gasteiger partial charge < -0.3 is 15.3 Å². The van der Waals surface area contributed by atoms with Crippen LogP contribution in [0, 0.1) is 17.7 Å². The number of carbonyl (C=O) groups excluding carboxylic acids is 2. The number of rotatable bonds is 4. The fourth-order valence-electron chi connectivity index (χ4n) is 5.65. The molecule has 3 heterocycles. The molecule has 2 N–H and O–H groups in total. The Balaban J connectivity index is 0.000000426. The molecule has 0 saturated carbocycles. The number of benzene rings is 2. The molecule has 1 spiro atoms. The number of amides is 2. The lowest BCUT2D eigenvalue weighted by Gasteiger charge is -2.43. The number of carboxylic acids is 1. The zero-order valence-corrected chi connectivity index (χ0v) is 20.6. The standard InChI is InChI=1S/C25H28FN3O2.C2HF3O2/c26-20-8-6-18(7-9-20)14-23(30)29-12-10-25(11-13-29)22-17-28(16-21(22)24(31)27-25)15-19-4-2-1-3-5-19;3-2(4,5)1(6)7/h1-9,21-22H,10-17H2,(H,27,31);(H,6,7)/t21-,22+;/m1./s1. The zero-order chi connectivity index (χ0) is 27.5. The maximum atomic E-state index is 13.1. The summed E-state index contributed by atoms with van der Waals surface area (Å²) in [5.74, 6) is -2.46. The van der Waals surface area contributed by atoms with Crippen LogP contribution in [0.1, 0.15) is 24.0 Å². The first-order valence-electron chi connectivity index (χ1n) is 12.4. The number of hydrogen-bond donors (Lipinski definition) is 2. The molecule has 2 amide bonds. The molecule has 3 aliphatic rings. The van der Waals surface area contributed by atoms with Crippen molar-refractivity contribution < 1.29 is 37.1 Å². The molecule has 204 valence electrons. The van der Waals surface area contributed by atoms with Gasteiger partial charge in [0, 0.05) is 44.2 Å². The summed E-state index contributed by atoms with van der Waals surface area (Å²) < 4.78 is 44.8. The number of piperidine rings is 1. The number of carboxylic acid groups (broad SMARTS) is 1. The molecular formula is C27H29F4N3O4. The summed E-state index contributed by atoms with van der Waals surface area (Å²) >= 11 is 0. The highest BCUT2D eigenvalue weighted by Crippen LogP contribution is 2.44. The van der Waals surface area contributed by atoms with Crippen molar-refractivity contribution in [3.05, 3.63) is 71.5 Å². The van der Waals surface area contributed by atoms with E-state index in [1.807, 2.05) is 11.0 Å². The van der Waals surface area contributed by atoms with E-state index in [9.17, 15) is 27.2 Å². The molecule has 0 bridgehead atoms. The molecule has 0 unspecified atom stereocenters. The van der Waals surface area contributed by atoms with Gasteiger partial charge >= 0.3 is 12.1 Å². The lowest BCUT2D eigenvalue weighted by Crippen LogP contribution is -2.56. The summed E-state index contributed by atoms with van der Waals surface area (Å²) in [6, 6.07) is 16.5. The Morgan fingerprint density at radius 2 is 1.58 bits per heavy atom. The third-order valence-electron chi connectivity index (χ3n) is 7.58. The Labute approximate surface area is 217 Å². The van der Waals surface area contributed by atoms with Gasteiger partial charge in [0.15, 0.2) is 0 Å². The van der Waals surface area contributed by atoms with Gasteiger partial charge in [-0.1, -0.05) is 42.5 Å². The van der Waals surface area contributed by atoms with Gasteiger partial charge in [0.1, 0.15) is 5.82 Å². The second kappa shape index (κ2) is 11.1. The van der Waals surface area contributed by atoms with Crippen molar-refractivity contribution in [3.63, 3.8) is 0 Å². The number of carbonyl (C=O) groups is 3. The van der Waals surface area contributed by atoms with E-state index in [-0.39, 0.29) is 35.5 Å². The normalized spacial score (nSPS) is 22.4. The first-order chi connectivity index (χ1) is 18.0. The van der Waals surface area contributed by atoms with Gasteiger partial charge in [-0.05, 0) is 36.1 Å². The number of alkyl halides is 3. The summed E-state index contributed by atoms with van der Waals surface area (Å²) in [5.41, 5.74) is 1.91. The summed E-state index contributed by atoms with van der Waals surface area (Å²) in [6.07, 6.45) is -3.20. The molecule has 3 fully saturated rings. The Morgan fingerprint density at radius 3 is 2.16 bits per heavy atom. The SMILES string of the molecule is O=C(O)C(F)(F)F.O=C1NC2(CCN(C(=O)Cc3ccc(F)cc3)CC2)[C@H]2CN(Cc3ccccc3)C[C@@H]12. The van der Waals surface area contributed by atoms with Crippen LogP contribution >= 0.6 is 0 Å². The molecule has 0 aromatic heterocycles. The smallest absolute Gasteiger partial charge is 0.475 e. The van der Waals surface area contributed by atoms with Gasteiger partial charge in [0.25, 0.3) is 0 Å². The Kier molecular flexibility index (Phi) is 8.05. The topological polar surface area (TPSA) is 89.9 Å². The van der Waals surface area contributed by atoms with Crippen LogP contribution in [0.4, 0.5) is 17.6 Å². The predicted molar refractivity (Wildman–Crippen MR) is 129 cm³/mol. The van der Waals surface area contributed by atoms with E-state index in [4.69, 9.17) is 9.90 Å². The van der Waals surface area contributed by atoms with Crippen LogP contribution < -0.4 is 5.32 Å². The second-order valence-electron chi connectivity index (χ2n) is 10.0. The van der Waals surface area contributed by atoms with Gasteiger partial charge in [0.2, 0.25) is 11.8 Å². The van der Waals surface area contributed by atoms with Gasteiger partial charge in [-0.15, -0.1) is 0 Å². The molecule has 11 heteroatoms. The fourth-order valence-corrected chi connectivity index (χ4v) is 5.65. The van der Waals surface area contributed by atoms with Gasteiger partial charge in [0.05, 0.1) is 12.3 Å². The fraction of sp³-hybridized carbons (Fsp3) is 0.444. The molecular weight excluding hydrogens is 506 g/mol. The first-order valence-corrected chi connectivity index (χ1v) is 12.4. The largest absolute Gasteiger partial charge is 0.490 e. The average Bonchev–Trinajstić information content (AvgIpc) is 3.40. The van der Waals surface area contributed by atoms with Gasteiger partial charge in [-0.2, -0.15) is 13.2 Å². The summed E-state index contributed by atoms with van der Waals surface area (Å²) in [7, 11) is 0. The van der Waals surface area contributed by atoms with Crippen molar-refractivity contribution in [2.75, 3.05) is 26.2 Å². The minimum absolute atomic E-state index is 0.0465. The summed E-state index contributed by atoms with van der Waals surface area (Å²) in [6.45, 7) is 3.91. The van der Waals surface area contributed by atoms with E-state index >= 15 is 0 Å². The van der Waals surface area contributed by atoms with Crippen molar-refractivity contribution >= 4 is 17.8 Å². The molecule has 2 aromatic rings. The third-order valence-corrected chi connectivity index (χ3v) is 7.58. The van der Waals surface area contributed by atoms with E-state index in [2.05, 4.69) is 34.5 Å². The molecule has 3 saturated heterocycles. The van der Waals surface area contributed by atoms with Gasteiger partial charge in [-0.3, -0.25) is 14.5 Å². The lowest BCUT2D eigenvalue weighted by atomic mass is 9.75. The maximum Gasteiger partial charge on any atom is 0.490 e. The van der Waals surface area contributed by atoms with E-state index in [1.165, 1.54) is 17.7 Å². The maximum absolute atomic E-state index is 13.1. The molecule has 7 nitrogen and oxygen atoms in total. The van der Waals surface area contributed by atoms with Crippen LogP contribution in [0.3, 0.4) is 0 Å². The molecule has 3 aliphatic heterocycles. The molecule has 0 aliphatic carbocycles. The molecule has 2 atom stereocenters. The van der Waals surface area contributed by atoms with Crippen molar-refractivity contribution in [3.8, 4) is 0 Å². The highest BCUT2D eigenvalue weighted by Gasteiger charge is 2.57. The van der Waals surface area contributed by atoms with E-state index in [0.717, 1.165) is 38.0 Å². The highest BCUT2D eigenvalue weighted by molar-refractivity contribution is 5.84. The number of halogens is 4. The minimum atomic E-state index is -5.08. The van der Waals surface area contributed by atoms with Crippen LogP contribution in [-0.4, -0.2) is 70.6 Å². The van der Waals surface area contributed by atoms with Crippen molar-refractivity contribution in [1.82, 2.24) is 15.1 Å². The summed E-state index contributed by atoms with van der Waals surface area (Å²) in [5, 5.41) is 10.5. The third kappa shape index (κ3) is 6.32. The quantitative estimate of drug-likeness (QED) is 0.587. The van der Waals surface area contributed by atoms with Crippen LogP contribution in [-0.2, 0) is 27.3 Å². The number of aliphatic carboxylic acids is 1. The van der Waals surface area contributed by atoms with Crippen LogP contribution in [0.15, 0.2) is 54.6 Å². The number of nitrogens with zero attached hydrogens (tertiary/aromatic N) is 2. The summed E-state index contributed by atoms with van der Waals surface area (Å²) in [4.78, 5) is 38.7. The monoisotopic (exact) mass is 535 g/mol. The minimum Gasteiger partial charge on any atom is -0.475 e. The molecule has 5 rings (SSSR count). The lowest BCUT2D eigenvalue weighted by molar-refractivity contribution is -0.192. The van der Waals surface area contributed by atoms with Crippen LogP contribution in [0.2, 0.25) is 0 Å². The van der Waals surface area contributed by atoms with Crippen molar-refractivity contribution in [2.45, 2.75) is 37.5 Å². The number of nitrogens with one attached hydrogen (secondary N) is 1. The van der Waals surface area contributed by atoms with Gasteiger partial charge in [-0.25, -0.2) is 9.18 Å². The van der Waals surface area contributed by atoms with E-state index < -0.39 is 12.1 Å².